The van der Waals surface area contributed by atoms with Crippen molar-refractivity contribution in [2.75, 3.05) is 31.9 Å². The molecular weight excluding hydrogens is 376 g/mol. The van der Waals surface area contributed by atoms with Crippen LogP contribution in [-0.2, 0) is 6.54 Å². The lowest BCUT2D eigenvalue weighted by molar-refractivity contribution is 0.0627. The number of amides is 1. The highest BCUT2D eigenvalue weighted by atomic mass is 16.2. The van der Waals surface area contributed by atoms with Crippen LogP contribution in [0.3, 0.4) is 0 Å². The fraction of sp³-hybridized carbons (Fsp3) is 0.261. The van der Waals surface area contributed by atoms with Crippen molar-refractivity contribution >= 4 is 33.5 Å². The monoisotopic (exact) mass is 400 g/mol. The minimum absolute atomic E-state index is 0.0933. The van der Waals surface area contributed by atoms with E-state index in [0.29, 0.717) is 25.5 Å². The van der Waals surface area contributed by atoms with Crippen molar-refractivity contribution in [1.82, 2.24) is 24.8 Å². The van der Waals surface area contributed by atoms with Crippen LogP contribution in [-0.4, -0.2) is 56.8 Å². The van der Waals surface area contributed by atoms with Crippen molar-refractivity contribution < 1.29 is 4.79 Å². The predicted molar refractivity (Wildman–Crippen MR) is 118 cm³/mol. The fourth-order valence-corrected chi connectivity index (χ4v) is 4.24. The van der Waals surface area contributed by atoms with Gasteiger partial charge in [-0.05, 0) is 25.1 Å². The lowest BCUT2D eigenvalue weighted by atomic mass is 10.1. The van der Waals surface area contributed by atoms with Crippen molar-refractivity contribution in [3.05, 3.63) is 65.6 Å². The second kappa shape index (κ2) is 7.42. The van der Waals surface area contributed by atoms with E-state index in [0.717, 1.165) is 52.0 Å². The summed E-state index contributed by atoms with van der Waals surface area (Å²) in [6.45, 7) is 5.52. The van der Waals surface area contributed by atoms with Crippen molar-refractivity contribution in [1.29, 1.82) is 0 Å². The molecule has 0 bridgehead atoms. The van der Waals surface area contributed by atoms with Crippen LogP contribution in [0, 0.1) is 6.92 Å². The Kier molecular flexibility index (Phi) is 4.59. The van der Waals surface area contributed by atoms with E-state index < -0.39 is 0 Å². The second-order valence-corrected chi connectivity index (χ2v) is 7.78. The Morgan fingerprint density at radius 2 is 1.70 bits per heavy atom. The normalized spacial score (nSPS) is 15.2. The molecule has 0 aliphatic carbocycles. The Bertz CT molecular complexity index is 1240. The first-order valence-corrected chi connectivity index (χ1v) is 10.2. The first-order valence-electron chi connectivity index (χ1n) is 10.2. The molecule has 0 unspecified atom stereocenters. The van der Waals surface area contributed by atoms with Gasteiger partial charge in [0.05, 0.1) is 17.6 Å². The molecule has 0 spiro atoms. The molecule has 3 heterocycles. The van der Waals surface area contributed by atoms with Crippen molar-refractivity contribution in [3.63, 3.8) is 0 Å². The van der Waals surface area contributed by atoms with Crippen molar-refractivity contribution in [3.8, 4) is 0 Å². The van der Waals surface area contributed by atoms with E-state index in [1.54, 1.807) is 0 Å². The van der Waals surface area contributed by atoms with E-state index in [4.69, 9.17) is 5.73 Å². The molecule has 7 nitrogen and oxygen atoms in total. The van der Waals surface area contributed by atoms with Gasteiger partial charge in [0, 0.05) is 48.2 Å². The number of fused-ring (bicyclic) bond motifs is 2. The quantitative estimate of drug-likeness (QED) is 0.552. The molecule has 0 atom stereocenters. The van der Waals surface area contributed by atoms with E-state index in [9.17, 15) is 4.79 Å². The highest BCUT2D eigenvalue weighted by Gasteiger charge is 2.26. The lowest BCUT2D eigenvalue weighted by Crippen LogP contribution is -2.48. The van der Waals surface area contributed by atoms with Gasteiger partial charge in [-0.3, -0.25) is 9.69 Å². The molecule has 2 aromatic carbocycles. The summed E-state index contributed by atoms with van der Waals surface area (Å²) < 4.78 is 0. The molecule has 1 saturated heterocycles. The number of aromatic nitrogens is 3. The Labute approximate surface area is 174 Å². The van der Waals surface area contributed by atoms with Gasteiger partial charge in [-0.2, -0.15) is 0 Å². The predicted octanol–water partition coefficient (Wildman–Crippen LogP) is 2.96. The molecule has 1 aliphatic heterocycles. The Morgan fingerprint density at radius 3 is 2.50 bits per heavy atom. The van der Waals surface area contributed by atoms with Crippen LogP contribution >= 0.6 is 0 Å². The van der Waals surface area contributed by atoms with Crippen LogP contribution in [0.25, 0.3) is 21.8 Å². The first kappa shape index (κ1) is 18.6. The number of nitrogens with two attached hydrogens (primary N) is 1. The summed E-state index contributed by atoms with van der Waals surface area (Å²) in [7, 11) is 0. The second-order valence-electron chi connectivity index (χ2n) is 7.78. The van der Waals surface area contributed by atoms with Gasteiger partial charge in [-0.15, -0.1) is 0 Å². The number of anilines is 1. The number of nitrogens with one attached hydrogen (secondary N) is 1. The molecule has 1 fully saturated rings. The minimum atomic E-state index is 0.0933. The Morgan fingerprint density at radius 1 is 1.00 bits per heavy atom. The largest absolute Gasteiger partial charge is 0.383 e. The summed E-state index contributed by atoms with van der Waals surface area (Å²) in [6, 6.07) is 15.7. The third-order valence-electron chi connectivity index (χ3n) is 5.81. The van der Waals surface area contributed by atoms with Gasteiger partial charge >= 0.3 is 0 Å². The zero-order valence-corrected chi connectivity index (χ0v) is 16.9. The van der Waals surface area contributed by atoms with Gasteiger partial charge in [-0.1, -0.05) is 30.3 Å². The third kappa shape index (κ3) is 3.27. The highest BCUT2D eigenvalue weighted by Crippen LogP contribution is 2.24. The number of H-pyrrole nitrogens is 1. The topological polar surface area (TPSA) is 91.1 Å². The molecule has 3 N–H and O–H groups in total. The number of carbonyl (C=O) groups excluding carboxylic acids is 1. The average molecular weight is 400 g/mol. The number of aryl methyl sites for hydroxylation is 1. The lowest BCUT2D eigenvalue weighted by Gasteiger charge is -2.34. The fourth-order valence-electron chi connectivity index (χ4n) is 4.24. The van der Waals surface area contributed by atoms with E-state index in [1.165, 1.54) is 0 Å². The van der Waals surface area contributed by atoms with Crippen LogP contribution in [0.4, 0.5) is 5.82 Å². The van der Waals surface area contributed by atoms with Gasteiger partial charge in [-0.25, -0.2) is 9.97 Å². The summed E-state index contributed by atoms with van der Waals surface area (Å²) in [5.74, 6) is 1.33. The number of para-hydroxylation sites is 2. The van der Waals surface area contributed by atoms with Crippen molar-refractivity contribution in [2.45, 2.75) is 13.5 Å². The number of aromatic amines is 1. The summed E-state index contributed by atoms with van der Waals surface area (Å²) in [5.41, 5.74) is 9.68. The zero-order chi connectivity index (χ0) is 20.7. The molecule has 7 heteroatoms. The minimum Gasteiger partial charge on any atom is -0.383 e. The van der Waals surface area contributed by atoms with E-state index in [2.05, 4.69) is 19.9 Å². The molecule has 152 valence electrons. The maximum Gasteiger partial charge on any atom is 0.256 e. The number of hydrogen-bond acceptors (Lipinski definition) is 5. The van der Waals surface area contributed by atoms with E-state index >= 15 is 0 Å². The third-order valence-corrected chi connectivity index (χ3v) is 5.81. The summed E-state index contributed by atoms with van der Waals surface area (Å²) in [5, 5.41) is 1.87. The molecule has 2 aromatic heterocycles. The maximum absolute atomic E-state index is 13.2. The number of hydrogen-bond donors (Lipinski definition) is 2. The standard InChI is InChI=1S/C23H24N6O/c1-15-21(16-6-2-4-8-18(16)25-15)23(30)29-12-10-28(11-13-29)14-20-26-19-9-5-3-7-17(19)22(24)27-20/h2-9,25H,10-14H2,1H3,(H2,24,26,27). The number of nitrogen functional groups attached to an aromatic ring is 1. The summed E-state index contributed by atoms with van der Waals surface area (Å²) >= 11 is 0. The average Bonchev–Trinajstić information content (AvgIpc) is 3.09. The first-order chi connectivity index (χ1) is 14.6. The van der Waals surface area contributed by atoms with Gasteiger partial charge in [0.1, 0.15) is 11.6 Å². The molecule has 0 saturated carbocycles. The number of carbonyl (C=O) groups is 1. The van der Waals surface area contributed by atoms with Crippen LogP contribution < -0.4 is 5.73 Å². The molecule has 1 aliphatic rings. The van der Waals surface area contributed by atoms with Gasteiger partial charge < -0.3 is 15.6 Å². The Balaban J connectivity index is 1.28. The van der Waals surface area contributed by atoms with E-state index in [1.807, 2.05) is 60.4 Å². The SMILES string of the molecule is Cc1[nH]c2ccccc2c1C(=O)N1CCN(Cc2nc(N)c3ccccc3n2)CC1. The van der Waals surface area contributed by atoms with Gasteiger partial charge in [0.25, 0.3) is 5.91 Å². The number of piperazine rings is 1. The van der Waals surface area contributed by atoms with Crippen LogP contribution in [0.5, 0.6) is 0 Å². The highest BCUT2D eigenvalue weighted by molar-refractivity contribution is 6.08. The number of benzene rings is 2. The van der Waals surface area contributed by atoms with Crippen LogP contribution in [0.15, 0.2) is 48.5 Å². The van der Waals surface area contributed by atoms with Crippen LogP contribution in [0.1, 0.15) is 21.9 Å². The smallest absolute Gasteiger partial charge is 0.256 e. The van der Waals surface area contributed by atoms with E-state index in [-0.39, 0.29) is 5.91 Å². The molecule has 30 heavy (non-hydrogen) atoms. The molecule has 5 rings (SSSR count). The zero-order valence-electron chi connectivity index (χ0n) is 16.9. The van der Waals surface area contributed by atoms with Gasteiger partial charge in [0.15, 0.2) is 0 Å². The number of nitrogens with zero attached hydrogens (tertiary/aromatic N) is 4. The number of rotatable bonds is 3. The summed E-state index contributed by atoms with van der Waals surface area (Å²) in [4.78, 5) is 29.9. The summed E-state index contributed by atoms with van der Waals surface area (Å²) in [6.07, 6.45) is 0. The molecule has 1 amide bonds. The molecule has 0 radical (unpaired) electrons. The van der Waals surface area contributed by atoms with Crippen molar-refractivity contribution in [2.24, 2.45) is 0 Å². The molecular formula is C23H24N6O. The van der Waals surface area contributed by atoms with Gasteiger partial charge in [0.2, 0.25) is 0 Å². The molecule has 4 aromatic rings. The maximum atomic E-state index is 13.2. The van der Waals surface area contributed by atoms with Crippen LogP contribution in [0.2, 0.25) is 0 Å². The Hall–Kier alpha value is -3.45.